The molecule has 1 heteroatoms. The Hall–Kier alpha value is -1.81. The number of nitrogens with zero attached hydrogens (tertiary/aromatic N) is 1. The monoisotopic (exact) mass is 181 g/mol. The van der Waals surface area contributed by atoms with Crippen LogP contribution in [-0.4, -0.2) is 0 Å². The summed E-state index contributed by atoms with van der Waals surface area (Å²) >= 11 is 0. The van der Waals surface area contributed by atoms with Crippen LogP contribution >= 0.6 is 0 Å². The van der Waals surface area contributed by atoms with Crippen LogP contribution in [0.1, 0.15) is 24.0 Å². The summed E-state index contributed by atoms with van der Waals surface area (Å²) in [7, 11) is 0. The number of rotatable bonds is 0. The Labute approximate surface area is 84.0 Å². The molecule has 0 bridgehead atoms. The quantitative estimate of drug-likeness (QED) is 0.602. The predicted octanol–water partition coefficient (Wildman–Crippen LogP) is 3.27. The SMILES string of the molecule is CC1C=CC=C(C#N)c2ccccc21. The van der Waals surface area contributed by atoms with Crippen LogP contribution < -0.4 is 0 Å². The highest BCUT2D eigenvalue weighted by molar-refractivity contribution is 5.80. The number of hydrogen-bond donors (Lipinski definition) is 0. The first-order valence-electron chi connectivity index (χ1n) is 4.71. The standard InChI is InChI=1S/C13H11N/c1-10-5-4-6-11(9-14)13-8-3-2-7-12(10)13/h2-8,10H,1H3. The summed E-state index contributed by atoms with van der Waals surface area (Å²) in [6.07, 6.45) is 5.95. The maximum absolute atomic E-state index is 9.00. The van der Waals surface area contributed by atoms with E-state index in [4.69, 9.17) is 5.26 Å². The molecule has 0 heterocycles. The van der Waals surface area contributed by atoms with Gasteiger partial charge < -0.3 is 0 Å². The minimum atomic E-state index is 0.383. The lowest BCUT2D eigenvalue weighted by molar-refractivity contribution is 0.966. The number of fused-ring (bicyclic) bond motifs is 1. The Kier molecular flexibility index (Phi) is 2.20. The summed E-state index contributed by atoms with van der Waals surface area (Å²) in [5.74, 6) is 0.383. The third kappa shape index (κ3) is 1.36. The Morgan fingerprint density at radius 1 is 1.29 bits per heavy atom. The van der Waals surface area contributed by atoms with Crippen LogP contribution in [0.5, 0.6) is 0 Å². The van der Waals surface area contributed by atoms with Crippen LogP contribution in [0.4, 0.5) is 0 Å². The molecule has 1 aliphatic rings. The van der Waals surface area contributed by atoms with Gasteiger partial charge in [0, 0.05) is 0 Å². The molecule has 14 heavy (non-hydrogen) atoms. The summed E-state index contributed by atoms with van der Waals surface area (Å²) in [4.78, 5) is 0. The first-order valence-corrected chi connectivity index (χ1v) is 4.71. The van der Waals surface area contributed by atoms with Crippen molar-refractivity contribution in [1.82, 2.24) is 0 Å². The number of hydrogen-bond acceptors (Lipinski definition) is 1. The van der Waals surface area contributed by atoms with Gasteiger partial charge in [0.25, 0.3) is 0 Å². The smallest absolute Gasteiger partial charge is 0.0998 e. The van der Waals surface area contributed by atoms with Crippen molar-refractivity contribution < 1.29 is 0 Å². The molecule has 0 aliphatic heterocycles. The van der Waals surface area contributed by atoms with Crippen molar-refractivity contribution in [1.29, 1.82) is 5.26 Å². The maximum atomic E-state index is 9.00. The summed E-state index contributed by atoms with van der Waals surface area (Å²) in [5.41, 5.74) is 3.04. The fraction of sp³-hybridized carbons (Fsp3) is 0.154. The van der Waals surface area contributed by atoms with Gasteiger partial charge in [0.2, 0.25) is 0 Å². The second-order valence-electron chi connectivity index (χ2n) is 3.45. The first-order chi connectivity index (χ1) is 6.83. The Morgan fingerprint density at radius 2 is 2.07 bits per heavy atom. The molecule has 1 aromatic rings. The van der Waals surface area contributed by atoms with Crippen LogP contribution in [0.3, 0.4) is 0 Å². The van der Waals surface area contributed by atoms with Gasteiger partial charge in [0.15, 0.2) is 0 Å². The van der Waals surface area contributed by atoms with E-state index in [1.165, 1.54) is 5.56 Å². The van der Waals surface area contributed by atoms with Crippen molar-refractivity contribution in [2.24, 2.45) is 0 Å². The molecule has 1 nitrogen and oxygen atoms in total. The normalized spacial score (nSPS) is 19.1. The largest absolute Gasteiger partial charge is 0.192 e. The molecule has 1 atom stereocenters. The lowest BCUT2D eigenvalue weighted by atomic mass is 9.94. The van der Waals surface area contributed by atoms with E-state index in [1.54, 1.807) is 0 Å². The molecule has 1 aromatic carbocycles. The van der Waals surface area contributed by atoms with Gasteiger partial charge in [-0.25, -0.2) is 0 Å². The molecular formula is C13H11N. The topological polar surface area (TPSA) is 23.8 Å². The Balaban J connectivity index is 2.65. The molecule has 1 unspecified atom stereocenters. The highest BCUT2D eigenvalue weighted by Gasteiger charge is 2.12. The highest BCUT2D eigenvalue weighted by atomic mass is 14.3. The van der Waals surface area contributed by atoms with Gasteiger partial charge in [-0.2, -0.15) is 5.26 Å². The molecule has 0 radical (unpaired) electrons. The van der Waals surface area contributed by atoms with Gasteiger partial charge in [-0.15, -0.1) is 0 Å². The zero-order valence-corrected chi connectivity index (χ0v) is 8.07. The van der Waals surface area contributed by atoms with Crippen molar-refractivity contribution in [2.45, 2.75) is 12.8 Å². The lowest BCUT2D eigenvalue weighted by Crippen LogP contribution is -1.93. The fourth-order valence-corrected chi connectivity index (χ4v) is 1.75. The van der Waals surface area contributed by atoms with E-state index >= 15 is 0 Å². The van der Waals surface area contributed by atoms with E-state index in [1.807, 2.05) is 30.4 Å². The van der Waals surface area contributed by atoms with Crippen LogP contribution in [0, 0.1) is 11.3 Å². The number of nitriles is 1. The summed E-state index contributed by atoms with van der Waals surface area (Å²) in [6, 6.07) is 10.3. The molecule has 0 N–H and O–H groups in total. The first kappa shape index (κ1) is 8.77. The lowest BCUT2D eigenvalue weighted by Gasteiger charge is -2.10. The van der Waals surface area contributed by atoms with Crippen LogP contribution in [0.15, 0.2) is 42.5 Å². The van der Waals surface area contributed by atoms with Crippen molar-refractivity contribution in [2.75, 3.05) is 0 Å². The molecule has 0 amide bonds. The van der Waals surface area contributed by atoms with E-state index in [-0.39, 0.29) is 0 Å². The van der Waals surface area contributed by atoms with E-state index < -0.39 is 0 Å². The minimum absolute atomic E-state index is 0.383. The van der Waals surface area contributed by atoms with E-state index in [0.29, 0.717) is 5.92 Å². The third-order valence-electron chi connectivity index (χ3n) is 2.52. The molecular weight excluding hydrogens is 170 g/mol. The van der Waals surface area contributed by atoms with Gasteiger partial charge in [-0.3, -0.25) is 0 Å². The zero-order valence-electron chi connectivity index (χ0n) is 8.07. The van der Waals surface area contributed by atoms with E-state index in [9.17, 15) is 0 Å². The van der Waals surface area contributed by atoms with Crippen molar-refractivity contribution in [3.63, 3.8) is 0 Å². The Bertz CT molecular complexity index is 447. The predicted molar refractivity (Wildman–Crippen MR) is 57.6 cm³/mol. The van der Waals surface area contributed by atoms with Crippen LogP contribution in [0.25, 0.3) is 5.57 Å². The second-order valence-corrected chi connectivity index (χ2v) is 3.45. The van der Waals surface area contributed by atoms with Gasteiger partial charge in [-0.1, -0.05) is 43.3 Å². The highest BCUT2D eigenvalue weighted by Crippen LogP contribution is 2.28. The average molecular weight is 181 g/mol. The molecule has 0 saturated carbocycles. The third-order valence-corrected chi connectivity index (χ3v) is 2.52. The fourth-order valence-electron chi connectivity index (χ4n) is 1.75. The molecule has 0 saturated heterocycles. The summed E-state index contributed by atoms with van der Waals surface area (Å²) in [6.45, 7) is 2.14. The van der Waals surface area contributed by atoms with Crippen LogP contribution in [-0.2, 0) is 0 Å². The second kappa shape index (κ2) is 3.51. The molecule has 0 fully saturated rings. The zero-order chi connectivity index (χ0) is 9.97. The van der Waals surface area contributed by atoms with E-state index in [2.05, 4.69) is 25.1 Å². The Morgan fingerprint density at radius 3 is 2.86 bits per heavy atom. The van der Waals surface area contributed by atoms with Gasteiger partial charge in [0.1, 0.15) is 0 Å². The molecule has 0 aromatic heterocycles. The van der Waals surface area contributed by atoms with Crippen molar-refractivity contribution in [3.8, 4) is 6.07 Å². The molecule has 68 valence electrons. The number of allylic oxidation sites excluding steroid dienone is 4. The number of benzene rings is 1. The van der Waals surface area contributed by atoms with E-state index in [0.717, 1.165) is 11.1 Å². The maximum Gasteiger partial charge on any atom is 0.0998 e. The van der Waals surface area contributed by atoms with Crippen molar-refractivity contribution in [3.05, 3.63) is 53.6 Å². The van der Waals surface area contributed by atoms with Gasteiger partial charge in [-0.05, 0) is 23.1 Å². The summed E-state index contributed by atoms with van der Waals surface area (Å²) < 4.78 is 0. The molecule has 0 spiro atoms. The molecule has 1 aliphatic carbocycles. The average Bonchev–Trinajstić information content (AvgIpc) is 2.39. The van der Waals surface area contributed by atoms with Gasteiger partial charge in [0.05, 0.1) is 11.6 Å². The van der Waals surface area contributed by atoms with Gasteiger partial charge >= 0.3 is 0 Å². The van der Waals surface area contributed by atoms with Crippen LogP contribution in [0.2, 0.25) is 0 Å². The molecule has 2 rings (SSSR count). The minimum Gasteiger partial charge on any atom is -0.192 e. The van der Waals surface area contributed by atoms with Crippen molar-refractivity contribution >= 4 is 5.57 Å². The summed E-state index contributed by atoms with van der Waals surface area (Å²) in [5, 5.41) is 9.00.